The van der Waals surface area contributed by atoms with Crippen molar-refractivity contribution in [3.05, 3.63) is 83.9 Å². The van der Waals surface area contributed by atoms with Crippen molar-refractivity contribution in [1.29, 1.82) is 0 Å². The van der Waals surface area contributed by atoms with Crippen LogP contribution in [0, 0.1) is 0 Å². The second-order valence-corrected chi connectivity index (χ2v) is 5.28. The highest BCUT2D eigenvalue weighted by Gasteiger charge is 2.26. The third-order valence-electron chi connectivity index (χ3n) is 3.73. The number of esters is 2. The van der Waals surface area contributed by atoms with E-state index in [9.17, 15) is 9.59 Å². The topological polar surface area (TPSA) is 52.6 Å². The van der Waals surface area contributed by atoms with Gasteiger partial charge in [0.25, 0.3) is 0 Å². The molecule has 0 radical (unpaired) electrons. The van der Waals surface area contributed by atoms with E-state index in [1.54, 1.807) is 36.4 Å². The standard InChI is InChI=1S/C20H16O4/c1-23-20(22)18(15-8-3-2-4-9-15)24-19(21)17-12-11-14-7-5-6-10-16(14)13-17/h2-13,18H,1H3/t18-/m0/s1. The summed E-state index contributed by atoms with van der Waals surface area (Å²) in [6.07, 6.45) is -1.09. The Bertz CT molecular complexity index is 871. The minimum atomic E-state index is -1.09. The van der Waals surface area contributed by atoms with Gasteiger partial charge >= 0.3 is 11.9 Å². The molecule has 0 bridgehead atoms. The molecule has 0 aliphatic carbocycles. The van der Waals surface area contributed by atoms with Crippen LogP contribution >= 0.6 is 0 Å². The van der Waals surface area contributed by atoms with Crippen LogP contribution in [0.3, 0.4) is 0 Å². The van der Waals surface area contributed by atoms with Crippen LogP contribution in [0.25, 0.3) is 10.8 Å². The van der Waals surface area contributed by atoms with E-state index in [4.69, 9.17) is 9.47 Å². The Hall–Kier alpha value is -3.14. The van der Waals surface area contributed by atoms with Crippen molar-refractivity contribution in [3.63, 3.8) is 0 Å². The Morgan fingerprint density at radius 1 is 0.833 bits per heavy atom. The predicted molar refractivity (Wildman–Crippen MR) is 90.6 cm³/mol. The average Bonchev–Trinajstić information content (AvgIpc) is 2.65. The van der Waals surface area contributed by atoms with Crippen LogP contribution in [0.15, 0.2) is 72.8 Å². The molecule has 0 aromatic heterocycles. The van der Waals surface area contributed by atoms with Crippen LogP contribution < -0.4 is 0 Å². The summed E-state index contributed by atoms with van der Waals surface area (Å²) in [7, 11) is 1.27. The van der Waals surface area contributed by atoms with Crippen molar-refractivity contribution in [2.24, 2.45) is 0 Å². The number of methoxy groups -OCH3 is 1. The highest BCUT2D eigenvalue weighted by Crippen LogP contribution is 2.22. The Labute approximate surface area is 139 Å². The third kappa shape index (κ3) is 3.27. The quantitative estimate of drug-likeness (QED) is 0.684. The van der Waals surface area contributed by atoms with Crippen LogP contribution in [0.4, 0.5) is 0 Å². The smallest absolute Gasteiger partial charge is 0.351 e. The maximum Gasteiger partial charge on any atom is 0.351 e. The Morgan fingerprint density at radius 2 is 1.50 bits per heavy atom. The van der Waals surface area contributed by atoms with Gasteiger partial charge in [-0.25, -0.2) is 9.59 Å². The molecule has 0 fully saturated rings. The first-order valence-corrected chi connectivity index (χ1v) is 7.51. The lowest BCUT2D eigenvalue weighted by molar-refractivity contribution is -0.151. The van der Waals surface area contributed by atoms with Crippen molar-refractivity contribution in [3.8, 4) is 0 Å². The molecule has 3 aromatic rings. The number of hydrogen-bond donors (Lipinski definition) is 0. The van der Waals surface area contributed by atoms with Crippen LogP contribution in [0.1, 0.15) is 22.0 Å². The van der Waals surface area contributed by atoms with Crippen molar-refractivity contribution in [1.82, 2.24) is 0 Å². The predicted octanol–water partition coefficient (Wildman–Crippen LogP) is 3.91. The zero-order chi connectivity index (χ0) is 16.9. The number of benzene rings is 3. The molecule has 3 aromatic carbocycles. The van der Waals surface area contributed by atoms with Crippen LogP contribution in [-0.4, -0.2) is 19.0 Å². The summed E-state index contributed by atoms with van der Waals surface area (Å²) in [5.74, 6) is -1.18. The third-order valence-corrected chi connectivity index (χ3v) is 3.73. The number of fused-ring (bicyclic) bond motifs is 1. The first kappa shape index (κ1) is 15.7. The number of hydrogen-bond acceptors (Lipinski definition) is 4. The summed E-state index contributed by atoms with van der Waals surface area (Å²) >= 11 is 0. The molecule has 0 amide bonds. The molecule has 0 aliphatic heterocycles. The second-order valence-electron chi connectivity index (χ2n) is 5.28. The molecule has 1 atom stereocenters. The lowest BCUT2D eigenvalue weighted by Crippen LogP contribution is -2.21. The molecular weight excluding hydrogens is 304 g/mol. The largest absolute Gasteiger partial charge is 0.466 e. The average molecular weight is 320 g/mol. The molecule has 4 heteroatoms. The van der Waals surface area contributed by atoms with Crippen LogP contribution in [-0.2, 0) is 14.3 Å². The number of carbonyl (C=O) groups excluding carboxylic acids is 2. The van der Waals surface area contributed by atoms with Gasteiger partial charge in [0.05, 0.1) is 12.7 Å². The monoisotopic (exact) mass is 320 g/mol. The van der Waals surface area contributed by atoms with Gasteiger partial charge in [-0.3, -0.25) is 0 Å². The number of rotatable bonds is 4. The fraction of sp³-hybridized carbons (Fsp3) is 0.100. The Morgan fingerprint density at radius 3 is 2.21 bits per heavy atom. The van der Waals surface area contributed by atoms with Gasteiger partial charge in [0, 0.05) is 5.56 Å². The summed E-state index contributed by atoms with van der Waals surface area (Å²) in [4.78, 5) is 24.5. The van der Waals surface area contributed by atoms with Gasteiger partial charge < -0.3 is 9.47 Å². The molecule has 24 heavy (non-hydrogen) atoms. The Kier molecular flexibility index (Phi) is 4.57. The van der Waals surface area contributed by atoms with Gasteiger partial charge in [0.15, 0.2) is 0 Å². The summed E-state index contributed by atoms with van der Waals surface area (Å²) < 4.78 is 10.2. The molecule has 0 saturated carbocycles. The van der Waals surface area contributed by atoms with Crippen molar-refractivity contribution < 1.29 is 19.1 Å². The summed E-state index contributed by atoms with van der Waals surface area (Å²) in [6.45, 7) is 0. The van der Waals surface area contributed by atoms with E-state index < -0.39 is 18.0 Å². The fourth-order valence-electron chi connectivity index (χ4n) is 2.48. The first-order valence-electron chi connectivity index (χ1n) is 7.51. The number of ether oxygens (including phenoxy) is 2. The summed E-state index contributed by atoms with van der Waals surface area (Å²) in [5.41, 5.74) is 0.956. The lowest BCUT2D eigenvalue weighted by Gasteiger charge is -2.16. The second kappa shape index (κ2) is 6.96. The van der Waals surface area contributed by atoms with E-state index in [0.29, 0.717) is 11.1 Å². The zero-order valence-corrected chi connectivity index (χ0v) is 13.1. The van der Waals surface area contributed by atoms with E-state index in [2.05, 4.69) is 0 Å². The van der Waals surface area contributed by atoms with E-state index in [-0.39, 0.29) is 0 Å². The van der Waals surface area contributed by atoms with E-state index >= 15 is 0 Å². The molecule has 0 spiro atoms. The van der Waals surface area contributed by atoms with Crippen molar-refractivity contribution in [2.45, 2.75) is 6.10 Å². The summed E-state index contributed by atoms with van der Waals surface area (Å²) in [6, 6.07) is 21.8. The fourth-order valence-corrected chi connectivity index (χ4v) is 2.48. The number of carbonyl (C=O) groups is 2. The Balaban J connectivity index is 1.88. The van der Waals surface area contributed by atoms with E-state index in [0.717, 1.165) is 10.8 Å². The maximum atomic E-state index is 12.5. The molecule has 3 rings (SSSR count). The highest BCUT2D eigenvalue weighted by molar-refractivity contribution is 5.96. The van der Waals surface area contributed by atoms with E-state index in [1.807, 2.05) is 36.4 Å². The molecule has 0 aliphatic rings. The minimum absolute atomic E-state index is 0.388. The van der Waals surface area contributed by atoms with Gasteiger partial charge in [-0.05, 0) is 22.9 Å². The molecule has 120 valence electrons. The zero-order valence-electron chi connectivity index (χ0n) is 13.1. The SMILES string of the molecule is COC(=O)[C@@H](OC(=O)c1ccc2ccccc2c1)c1ccccc1. The van der Waals surface area contributed by atoms with E-state index in [1.165, 1.54) is 7.11 Å². The minimum Gasteiger partial charge on any atom is -0.466 e. The molecule has 4 nitrogen and oxygen atoms in total. The molecule has 0 heterocycles. The van der Waals surface area contributed by atoms with Gasteiger partial charge in [0.2, 0.25) is 6.10 Å². The van der Waals surface area contributed by atoms with Crippen LogP contribution in [0.2, 0.25) is 0 Å². The molecular formula is C20H16O4. The molecule has 0 N–H and O–H groups in total. The molecule has 0 saturated heterocycles. The summed E-state index contributed by atoms with van der Waals surface area (Å²) in [5, 5.41) is 1.96. The first-order chi connectivity index (χ1) is 11.7. The normalized spacial score (nSPS) is 11.7. The van der Waals surface area contributed by atoms with Crippen molar-refractivity contribution >= 4 is 22.7 Å². The molecule has 0 unspecified atom stereocenters. The highest BCUT2D eigenvalue weighted by atomic mass is 16.6. The maximum absolute atomic E-state index is 12.5. The van der Waals surface area contributed by atoms with Gasteiger partial charge in [-0.2, -0.15) is 0 Å². The van der Waals surface area contributed by atoms with Gasteiger partial charge in [-0.15, -0.1) is 0 Å². The van der Waals surface area contributed by atoms with Gasteiger partial charge in [0.1, 0.15) is 0 Å². The van der Waals surface area contributed by atoms with Crippen LogP contribution in [0.5, 0.6) is 0 Å². The van der Waals surface area contributed by atoms with Gasteiger partial charge in [-0.1, -0.05) is 60.7 Å². The van der Waals surface area contributed by atoms with Crippen molar-refractivity contribution in [2.75, 3.05) is 7.11 Å². The lowest BCUT2D eigenvalue weighted by atomic mass is 10.1.